The van der Waals surface area contributed by atoms with E-state index in [1.807, 2.05) is 0 Å². The number of aromatic amines is 1. The first-order chi connectivity index (χ1) is 15.4. The van der Waals surface area contributed by atoms with Gasteiger partial charge < -0.3 is 4.98 Å². The molecule has 0 spiro atoms. The molecule has 0 aliphatic rings. The Morgan fingerprint density at radius 3 is 1.87 bits per heavy atom. The van der Waals surface area contributed by atoms with E-state index >= 15 is 0 Å². The minimum absolute atomic E-state index is 1.19. The number of nitrogens with one attached hydrogen (secondary N) is 1. The molecule has 1 N–H and O–H groups in total. The van der Waals surface area contributed by atoms with Gasteiger partial charge in [-0.15, -0.1) is 0 Å². The third-order valence-electron chi connectivity index (χ3n) is 6.56. The van der Waals surface area contributed by atoms with Crippen LogP contribution in [0.2, 0.25) is 0 Å². The molecule has 1 heteroatoms. The molecule has 0 aliphatic heterocycles. The first-order valence-corrected chi connectivity index (χ1v) is 10.7. The molecule has 31 heavy (non-hydrogen) atoms. The molecule has 144 valence electrons. The van der Waals surface area contributed by atoms with E-state index in [0.717, 1.165) is 0 Å². The normalized spacial score (nSPS) is 11.9. The van der Waals surface area contributed by atoms with Gasteiger partial charge in [-0.25, -0.2) is 0 Å². The first-order valence-electron chi connectivity index (χ1n) is 10.7. The van der Waals surface area contributed by atoms with Crippen LogP contribution in [0.15, 0.2) is 109 Å². The Bertz CT molecular complexity index is 1790. The molecular formula is C30H19N. The highest BCUT2D eigenvalue weighted by molar-refractivity contribution is 6.19. The van der Waals surface area contributed by atoms with Gasteiger partial charge in [-0.1, -0.05) is 91.0 Å². The van der Waals surface area contributed by atoms with Gasteiger partial charge in [-0.3, -0.25) is 0 Å². The summed E-state index contributed by atoms with van der Waals surface area (Å²) in [5, 5.41) is 10.3. The number of hydrogen-bond acceptors (Lipinski definition) is 0. The van der Waals surface area contributed by atoms with Gasteiger partial charge >= 0.3 is 0 Å². The summed E-state index contributed by atoms with van der Waals surface area (Å²) in [7, 11) is 0. The molecule has 0 saturated heterocycles. The summed E-state index contributed by atoms with van der Waals surface area (Å²) in [5.41, 5.74) is 4.91. The van der Waals surface area contributed by atoms with Gasteiger partial charge in [0.2, 0.25) is 0 Å². The van der Waals surface area contributed by atoms with E-state index in [1.54, 1.807) is 0 Å². The summed E-state index contributed by atoms with van der Waals surface area (Å²) in [6.45, 7) is 0. The van der Waals surface area contributed by atoms with Crippen LogP contribution in [-0.4, -0.2) is 4.98 Å². The minimum Gasteiger partial charge on any atom is -0.354 e. The van der Waals surface area contributed by atoms with E-state index in [2.05, 4.69) is 114 Å². The van der Waals surface area contributed by atoms with E-state index in [1.165, 1.54) is 65.3 Å². The molecule has 0 amide bonds. The van der Waals surface area contributed by atoms with Gasteiger partial charge in [0.15, 0.2) is 0 Å². The molecule has 1 aromatic heterocycles. The summed E-state index contributed by atoms with van der Waals surface area (Å²) in [6.07, 6.45) is 0. The fourth-order valence-corrected chi connectivity index (χ4v) is 5.11. The number of benzene rings is 6. The van der Waals surface area contributed by atoms with Gasteiger partial charge in [0.1, 0.15) is 0 Å². The van der Waals surface area contributed by atoms with Crippen molar-refractivity contribution < 1.29 is 0 Å². The molecule has 7 rings (SSSR count). The fourth-order valence-electron chi connectivity index (χ4n) is 5.11. The SMILES string of the molecule is c1ccc2cc3c(cc2c1)[nH]c1c(-c2cc4ccccc4c4ccccc24)cccc13. The van der Waals surface area contributed by atoms with Crippen molar-refractivity contribution in [3.63, 3.8) is 0 Å². The second-order valence-corrected chi connectivity index (χ2v) is 8.29. The zero-order valence-corrected chi connectivity index (χ0v) is 16.9. The summed E-state index contributed by atoms with van der Waals surface area (Å²) >= 11 is 0. The molecular weight excluding hydrogens is 374 g/mol. The van der Waals surface area contributed by atoms with E-state index < -0.39 is 0 Å². The van der Waals surface area contributed by atoms with E-state index in [9.17, 15) is 0 Å². The topological polar surface area (TPSA) is 15.8 Å². The van der Waals surface area contributed by atoms with Gasteiger partial charge in [0, 0.05) is 21.9 Å². The monoisotopic (exact) mass is 393 g/mol. The van der Waals surface area contributed by atoms with E-state index in [-0.39, 0.29) is 0 Å². The standard InChI is InChI=1S/C30H19N/c1-2-9-20-18-29-28(16-19(20)8-1)26-15-7-14-25(30(26)31-29)27-17-21-10-3-4-11-22(21)23-12-5-6-13-24(23)27/h1-18,31H. The quantitative estimate of drug-likeness (QED) is 0.269. The van der Waals surface area contributed by atoms with Gasteiger partial charge in [0.05, 0.1) is 5.52 Å². The number of aromatic nitrogens is 1. The number of hydrogen-bond donors (Lipinski definition) is 1. The zero-order valence-electron chi connectivity index (χ0n) is 16.9. The van der Waals surface area contributed by atoms with Crippen LogP contribution < -0.4 is 0 Å². The average molecular weight is 393 g/mol. The highest BCUT2D eigenvalue weighted by Crippen LogP contribution is 2.40. The highest BCUT2D eigenvalue weighted by Gasteiger charge is 2.14. The molecule has 1 nitrogen and oxygen atoms in total. The first kappa shape index (κ1) is 16.7. The van der Waals surface area contributed by atoms with Crippen molar-refractivity contribution in [1.82, 2.24) is 4.98 Å². The Hall–Kier alpha value is -4.10. The molecule has 0 bridgehead atoms. The van der Waals surface area contributed by atoms with Crippen molar-refractivity contribution in [3.8, 4) is 11.1 Å². The van der Waals surface area contributed by atoms with E-state index in [0.29, 0.717) is 0 Å². The Morgan fingerprint density at radius 2 is 1.03 bits per heavy atom. The van der Waals surface area contributed by atoms with Crippen LogP contribution in [0.25, 0.3) is 65.3 Å². The predicted octanol–water partition coefficient (Wildman–Crippen LogP) is 8.45. The third kappa shape index (κ3) is 2.38. The van der Waals surface area contributed by atoms with Crippen LogP contribution in [0.5, 0.6) is 0 Å². The summed E-state index contributed by atoms with van der Waals surface area (Å²) < 4.78 is 0. The Balaban J connectivity index is 1.62. The summed E-state index contributed by atoms with van der Waals surface area (Å²) in [5.74, 6) is 0. The Kier molecular flexibility index (Phi) is 3.33. The second-order valence-electron chi connectivity index (χ2n) is 8.29. The van der Waals surface area contributed by atoms with Crippen molar-refractivity contribution in [1.29, 1.82) is 0 Å². The maximum Gasteiger partial charge on any atom is 0.0544 e. The third-order valence-corrected chi connectivity index (χ3v) is 6.56. The smallest absolute Gasteiger partial charge is 0.0544 e. The lowest BCUT2D eigenvalue weighted by molar-refractivity contribution is 1.55. The molecule has 1 heterocycles. The zero-order chi connectivity index (χ0) is 20.4. The number of H-pyrrole nitrogens is 1. The largest absolute Gasteiger partial charge is 0.354 e. The van der Waals surface area contributed by atoms with Crippen molar-refractivity contribution in [2.45, 2.75) is 0 Å². The van der Waals surface area contributed by atoms with E-state index in [4.69, 9.17) is 0 Å². The highest BCUT2D eigenvalue weighted by atomic mass is 14.7. The van der Waals surface area contributed by atoms with Crippen molar-refractivity contribution in [3.05, 3.63) is 109 Å². The predicted molar refractivity (Wildman–Crippen MR) is 134 cm³/mol. The maximum atomic E-state index is 3.75. The molecule has 0 atom stereocenters. The number of fused-ring (bicyclic) bond motifs is 7. The minimum atomic E-state index is 1.19. The van der Waals surface area contributed by atoms with Gasteiger partial charge in [-0.2, -0.15) is 0 Å². The molecule has 0 fully saturated rings. The number of para-hydroxylation sites is 1. The lowest BCUT2D eigenvalue weighted by Crippen LogP contribution is -1.86. The van der Waals surface area contributed by atoms with Crippen molar-refractivity contribution in [2.75, 3.05) is 0 Å². The molecule has 0 aliphatic carbocycles. The molecule has 0 unspecified atom stereocenters. The van der Waals surface area contributed by atoms with Crippen molar-refractivity contribution >= 4 is 54.1 Å². The molecule has 0 saturated carbocycles. The van der Waals surface area contributed by atoms with Crippen LogP contribution in [0.4, 0.5) is 0 Å². The van der Waals surface area contributed by atoms with Crippen LogP contribution in [0, 0.1) is 0 Å². The summed E-state index contributed by atoms with van der Waals surface area (Å²) in [4.78, 5) is 3.75. The van der Waals surface area contributed by atoms with Gasteiger partial charge in [0.25, 0.3) is 0 Å². The Morgan fingerprint density at radius 1 is 0.387 bits per heavy atom. The van der Waals surface area contributed by atoms with Crippen LogP contribution in [0.3, 0.4) is 0 Å². The molecule has 7 aromatic rings. The Labute approximate surface area is 179 Å². The van der Waals surface area contributed by atoms with Crippen LogP contribution in [0.1, 0.15) is 0 Å². The molecule has 6 aromatic carbocycles. The van der Waals surface area contributed by atoms with Crippen LogP contribution in [-0.2, 0) is 0 Å². The lowest BCUT2D eigenvalue weighted by atomic mass is 9.92. The molecule has 0 radical (unpaired) electrons. The lowest BCUT2D eigenvalue weighted by Gasteiger charge is -2.12. The summed E-state index contributed by atoms with van der Waals surface area (Å²) in [6, 6.07) is 39.6. The van der Waals surface area contributed by atoms with Crippen LogP contribution >= 0.6 is 0 Å². The maximum absolute atomic E-state index is 3.75. The fraction of sp³-hybridized carbons (Fsp3) is 0. The second kappa shape index (κ2) is 6.20. The van der Waals surface area contributed by atoms with Gasteiger partial charge in [-0.05, 0) is 56.1 Å². The van der Waals surface area contributed by atoms with Crippen molar-refractivity contribution in [2.24, 2.45) is 0 Å². The number of rotatable bonds is 1. The average Bonchev–Trinajstić information content (AvgIpc) is 3.19.